The van der Waals surface area contributed by atoms with Crippen molar-refractivity contribution in [3.8, 4) is 0 Å². The van der Waals surface area contributed by atoms with Gasteiger partial charge in [0.15, 0.2) is 11.4 Å². The Hall–Kier alpha value is -1.90. The van der Waals surface area contributed by atoms with Crippen LogP contribution < -0.4 is 11.1 Å². The van der Waals surface area contributed by atoms with E-state index in [2.05, 4.69) is 15.3 Å². The van der Waals surface area contributed by atoms with E-state index in [0.717, 1.165) is 0 Å². The molecule has 0 fully saturated rings. The average molecular weight is 377 g/mol. The number of halogens is 4. The van der Waals surface area contributed by atoms with E-state index in [0.29, 0.717) is 12.3 Å². The molecule has 3 aromatic rings. The Kier molecular flexibility index (Phi) is 4.88. The molecule has 0 saturated carbocycles. The summed E-state index contributed by atoms with van der Waals surface area (Å²) in [4.78, 5) is 8.03. The molecule has 3 N–H and O–H groups in total. The molecule has 0 aliphatic rings. The van der Waals surface area contributed by atoms with Gasteiger partial charge in [-0.3, -0.25) is 0 Å². The molecule has 3 aromatic heterocycles. The molecule has 0 unspecified atom stereocenters. The third kappa shape index (κ3) is 3.45. The first-order valence-electron chi connectivity index (χ1n) is 6.90. The SMILES string of the molecule is N[C@H](Cc1oc2c(NCc3ccco3)nc(Cl)nc2c1Cl)C(F)F. The zero-order valence-electron chi connectivity index (χ0n) is 12.1. The largest absolute Gasteiger partial charge is 0.467 e. The second kappa shape index (κ2) is 6.92. The first kappa shape index (κ1) is 16.9. The van der Waals surface area contributed by atoms with Gasteiger partial charge in [0.1, 0.15) is 22.1 Å². The zero-order valence-corrected chi connectivity index (χ0v) is 13.6. The Bertz CT molecular complexity index is 839. The molecule has 0 radical (unpaired) electrons. The molecule has 128 valence electrons. The Morgan fingerprint density at radius 3 is 2.75 bits per heavy atom. The molecule has 24 heavy (non-hydrogen) atoms. The normalized spacial score (nSPS) is 12.9. The number of anilines is 1. The lowest BCUT2D eigenvalue weighted by molar-refractivity contribution is 0.113. The lowest BCUT2D eigenvalue weighted by Gasteiger charge is -2.07. The number of hydrogen-bond donors (Lipinski definition) is 2. The van der Waals surface area contributed by atoms with Crippen molar-refractivity contribution in [1.82, 2.24) is 9.97 Å². The number of hydrogen-bond acceptors (Lipinski definition) is 6. The maximum Gasteiger partial charge on any atom is 0.253 e. The third-order valence-corrected chi connectivity index (χ3v) is 3.83. The molecule has 0 saturated heterocycles. The summed E-state index contributed by atoms with van der Waals surface area (Å²) >= 11 is 12.1. The summed E-state index contributed by atoms with van der Waals surface area (Å²) in [5.74, 6) is 1.05. The number of nitrogens with one attached hydrogen (secondary N) is 1. The molecule has 0 aliphatic carbocycles. The van der Waals surface area contributed by atoms with Crippen LogP contribution in [0.25, 0.3) is 11.1 Å². The highest BCUT2D eigenvalue weighted by Crippen LogP contribution is 2.34. The quantitative estimate of drug-likeness (QED) is 0.634. The minimum Gasteiger partial charge on any atom is -0.467 e. The fourth-order valence-corrected chi connectivity index (χ4v) is 2.52. The first-order chi connectivity index (χ1) is 11.5. The van der Waals surface area contributed by atoms with Crippen molar-refractivity contribution < 1.29 is 17.6 Å². The van der Waals surface area contributed by atoms with Gasteiger partial charge >= 0.3 is 0 Å². The monoisotopic (exact) mass is 376 g/mol. The second-order valence-electron chi connectivity index (χ2n) is 4.99. The van der Waals surface area contributed by atoms with Crippen LogP contribution in [-0.4, -0.2) is 22.4 Å². The molecular weight excluding hydrogens is 365 g/mol. The molecule has 6 nitrogen and oxygen atoms in total. The van der Waals surface area contributed by atoms with Gasteiger partial charge in [-0.2, -0.15) is 4.98 Å². The number of nitrogens with two attached hydrogens (primary N) is 1. The molecule has 0 amide bonds. The predicted molar refractivity (Wildman–Crippen MR) is 85.5 cm³/mol. The van der Waals surface area contributed by atoms with Crippen LogP contribution in [0.4, 0.5) is 14.6 Å². The number of rotatable bonds is 6. The Labute approximate surface area is 144 Å². The van der Waals surface area contributed by atoms with Gasteiger partial charge in [-0.25, -0.2) is 13.8 Å². The van der Waals surface area contributed by atoms with Crippen molar-refractivity contribution in [2.24, 2.45) is 5.73 Å². The summed E-state index contributed by atoms with van der Waals surface area (Å²) in [7, 11) is 0. The highest BCUT2D eigenvalue weighted by atomic mass is 35.5. The summed E-state index contributed by atoms with van der Waals surface area (Å²) in [5, 5.41) is 3.02. The molecule has 3 heterocycles. The lowest BCUT2D eigenvalue weighted by Crippen LogP contribution is -2.30. The minimum atomic E-state index is -2.69. The van der Waals surface area contributed by atoms with Crippen molar-refractivity contribution in [2.75, 3.05) is 5.32 Å². The van der Waals surface area contributed by atoms with Gasteiger partial charge in [-0.1, -0.05) is 11.6 Å². The van der Waals surface area contributed by atoms with Crippen LogP contribution in [0.3, 0.4) is 0 Å². The second-order valence-corrected chi connectivity index (χ2v) is 5.71. The third-order valence-electron chi connectivity index (χ3n) is 3.27. The van der Waals surface area contributed by atoms with Crippen molar-refractivity contribution in [1.29, 1.82) is 0 Å². The van der Waals surface area contributed by atoms with Crippen LogP contribution in [0, 0.1) is 0 Å². The molecule has 0 bridgehead atoms. The number of nitrogens with zero attached hydrogens (tertiary/aromatic N) is 2. The van der Waals surface area contributed by atoms with Gasteiger partial charge in [0, 0.05) is 6.42 Å². The van der Waals surface area contributed by atoms with Crippen molar-refractivity contribution in [3.05, 3.63) is 40.2 Å². The van der Waals surface area contributed by atoms with E-state index in [4.69, 9.17) is 37.8 Å². The minimum absolute atomic E-state index is 0.0585. The highest BCUT2D eigenvalue weighted by Gasteiger charge is 2.24. The Morgan fingerprint density at radius 2 is 2.08 bits per heavy atom. The maximum atomic E-state index is 12.6. The van der Waals surface area contributed by atoms with E-state index < -0.39 is 12.5 Å². The first-order valence-corrected chi connectivity index (χ1v) is 7.65. The lowest BCUT2D eigenvalue weighted by atomic mass is 10.2. The van der Waals surface area contributed by atoms with Gasteiger partial charge in [0.25, 0.3) is 6.43 Å². The fourth-order valence-electron chi connectivity index (χ4n) is 2.11. The molecule has 0 aromatic carbocycles. The number of alkyl halides is 2. The van der Waals surface area contributed by atoms with Crippen LogP contribution in [0.1, 0.15) is 11.5 Å². The summed E-state index contributed by atoms with van der Waals surface area (Å²) in [5.41, 5.74) is 5.82. The zero-order chi connectivity index (χ0) is 17.3. The van der Waals surface area contributed by atoms with Crippen LogP contribution in [-0.2, 0) is 13.0 Å². The molecule has 1 atom stereocenters. The number of aromatic nitrogens is 2. The standard InChI is InChI=1S/C14H12Cl2F2N4O2/c15-9-8(4-7(19)12(17)18)24-11-10(9)21-14(16)22-13(11)20-5-6-2-1-3-23-6/h1-3,7,12H,4-5,19H2,(H,20,21,22)/t7-/m1/s1. The van der Waals surface area contributed by atoms with Crippen molar-refractivity contribution in [2.45, 2.75) is 25.4 Å². The van der Waals surface area contributed by atoms with Crippen LogP contribution in [0.2, 0.25) is 10.3 Å². The molecule has 0 aliphatic heterocycles. The van der Waals surface area contributed by atoms with Gasteiger partial charge in [-0.05, 0) is 23.7 Å². The van der Waals surface area contributed by atoms with Crippen LogP contribution >= 0.6 is 23.2 Å². The van der Waals surface area contributed by atoms with E-state index in [1.807, 2.05) is 0 Å². The number of fused-ring (bicyclic) bond motifs is 1. The fraction of sp³-hybridized carbons (Fsp3) is 0.286. The summed E-state index contributed by atoms with van der Waals surface area (Å²) in [6.45, 7) is 0.319. The van der Waals surface area contributed by atoms with Gasteiger partial charge in [0.2, 0.25) is 5.28 Å². The Morgan fingerprint density at radius 1 is 1.29 bits per heavy atom. The van der Waals surface area contributed by atoms with E-state index in [-0.39, 0.29) is 39.4 Å². The van der Waals surface area contributed by atoms with Crippen LogP contribution in [0.15, 0.2) is 27.2 Å². The number of furan rings is 2. The van der Waals surface area contributed by atoms with Gasteiger partial charge in [-0.15, -0.1) is 0 Å². The van der Waals surface area contributed by atoms with E-state index in [1.165, 1.54) is 6.26 Å². The van der Waals surface area contributed by atoms with E-state index in [9.17, 15) is 8.78 Å². The molecule has 0 spiro atoms. The van der Waals surface area contributed by atoms with E-state index >= 15 is 0 Å². The topological polar surface area (TPSA) is 90.1 Å². The molecule has 10 heteroatoms. The van der Waals surface area contributed by atoms with Gasteiger partial charge in [0.05, 0.1) is 18.8 Å². The predicted octanol–water partition coefficient (Wildman–Crippen LogP) is 3.87. The summed E-state index contributed by atoms with van der Waals surface area (Å²) in [6, 6.07) is 2.12. The highest BCUT2D eigenvalue weighted by molar-refractivity contribution is 6.36. The van der Waals surface area contributed by atoms with Crippen molar-refractivity contribution >= 4 is 40.1 Å². The Balaban J connectivity index is 1.94. The summed E-state index contributed by atoms with van der Waals surface area (Å²) < 4.78 is 36.0. The molecular formula is C14H12Cl2F2N4O2. The van der Waals surface area contributed by atoms with Gasteiger partial charge < -0.3 is 19.9 Å². The molecule has 3 rings (SSSR count). The van der Waals surface area contributed by atoms with Crippen molar-refractivity contribution in [3.63, 3.8) is 0 Å². The van der Waals surface area contributed by atoms with E-state index in [1.54, 1.807) is 12.1 Å². The van der Waals surface area contributed by atoms with Crippen LogP contribution in [0.5, 0.6) is 0 Å². The average Bonchev–Trinajstić information content (AvgIpc) is 3.15. The smallest absolute Gasteiger partial charge is 0.253 e. The maximum absolute atomic E-state index is 12.6. The summed E-state index contributed by atoms with van der Waals surface area (Å²) in [6.07, 6.45) is -1.39.